The highest BCUT2D eigenvalue weighted by molar-refractivity contribution is 5.97. The zero-order valence-electron chi connectivity index (χ0n) is 16.6. The molecule has 1 aliphatic heterocycles. The number of halogens is 4. The van der Waals surface area contributed by atoms with Gasteiger partial charge in [-0.25, -0.2) is 9.18 Å². The zero-order valence-corrected chi connectivity index (χ0v) is 16.6. The number of ether oxygens (including phenoxy) is 1. The summed E-state index contributed by atoms with van der Waals surface area (Å²) < 4.78 is 62.6. The van der Waals surface area contributed by atoms with Gasteiger partial charge in [-0.3, -0.25) is 4.79 Å². The highest BCUT2D eigenvalue weighted by Crippen LogP contribution is 2.46. The van der Waals surface area contributed by atoms with E-state index in [2.05, 4.69) is 0 Å². The molecule has 4 rings (SSSR count). The number of hydrogen-bond acceptors (Lipinski definition) is 5. The lowest BCUT2D eigenvalue weighted by Crippen LogP contribution is -2.33. The number of aromatic carboxylic acids is 1. The summed E-state index contributed by atoms with van der Waals surface area (Å²) in [6.45, 7) is -0.835. The minimum absolute atomic E-state index is 0.0884. The summed E-state index contributed by atoms with van der Waals surface area (Å²) in [5.41, 5.74) is 4.16. The van der Waals surface area contributed by atoms with Crippen LogP contribution < -0.4 is 20.8 Å². The average Bonchev–Trinajstić information content (AvgIpc) is 3.44. The molecule has 2 heterocycles. The van der Waals surface area contributed by atoms with Crippen LogP contribution in [0, 0.1) is 17.7 Å². The number of aromatic nitrogens is 1. The number of nitrogens with zero attached hydrogens (tertiary/aromatic N) is 2. The van der Waals surface area contributed by atoms with Crippen molar-refractivity contribution >= 4 is 22.6 Å². The SMILES string of the molecule is COc1c(N2C[C@H](CN)[C@@H](C(F)(F)F)C2)c(F)cc2c(=O)c(C(=O)O)cn(C3CC3)c12. The van der Waals surface area contributed by atoms with Crippen LogP contribution in [-0.4, -0.2) is 48.6 Å². The second-order valence-electron chi connectivity index (χ2n) is 8.00. The number of methoxy groups -OCH3 is 1. The van der Waals surface area contributed by atoms with Gasteiger partial charge in [0.2, 0.25) is 5.43 Å². The molecule has 0 unspecified atom stereocenters. The van der Waals surface area contributed by atoms with Crippen molar-refractivity contribution in [3.05, 3.63) is 33.9 Å². The summed E-state index contributed by atoms with van der Waals surface area (Å²) in [5, 5.41) is 9.18. The van der Waals surface area contributed by atoms with Crippen LogP contribution in [-0.2, 0) is 0 Å². The van der Waals surface area contributed by atoms with E-state index in [1.54, 1.807) is 4.57 Å². The monoisotopic (exact) mass is 443 g/mol. The molecular formula is C20H21F4N3O4. The highest BCUT2D eigenvalue weighted by Gasteiger charge is 2.50. The number of rotatable bonds is 5. The van der Waals surface area contributed by atoms with Crippen molar-refractivity contribution in [3.63, 3.8) is 0 Å². The number of fused-ring (bicyclic) bond motifs is 1. The maximum absolute atomic E-state index is 15.2. The third-order valence-corrected chi connectivity index (χ3v) is 6.05. The van der Waals surface area contributed by atoms with Crippen LogP contribution in [0.25, 0.3) is 10.9 Å². The minimum atomic E-state index is -4.49. The Morgan fingerprint density at radius 2 is 2.00 bits per heavy atom. The number of nitrogens with two attached hydrogens (primary N) is 1. The first kappa shape index (κ1) is 21.4. The van der Waals surface area contributed by atoms with Crippen molar-refractivity contribution in [2.45, 2.75) is 25.1 Å². The van der Waals surface area contributed by atoms with E-state index in [1.165, 1.54) is 18.2 Å². The lowest BCUT2D eigenvalue weighted by atomic mass is 9.96. The van der Waals surface area contributed by atoms with E-state index >= 15 is 4.39 Å². The number of pyridine rings is 1. The highest BCUT2D eigenvalue weighted by atomic mass is 19.4. The molecule has 0 amide bonds. The summed E-state index contributed by atoms with van der Waals surface area (Å²) in [6, 6.07) is 0.783. The summed E-state index contributed by atoms with van der Waals surface area (Å²) in [6.07, 6.45) is -1.85. The maximum Gasteiger partial charge on any atom is 0.393 e. The Kier molecular flexibility index (Phi) is 5.11. The quantitative estimate of drug-likeness (QED) is 0.690. The van der Waals surface area contributed by atoms with E-state index in [0.29, 0.717) is 0 Å². The minimum Gasteiger partial charge on any atom is -0.492 e. The van der Waals surface area contributed by atoms with Crippen LogP contribution in [0.15, 0.2) is 17.1 Å². The lowest BCUT2D eigenvalue weighted by Gasteiger charge is -2.25. The van der Waals surface area contributed by atoms with Gasteiger partial charge >= 0.3 is 12.1 Å². The average molecular weight is 443 g/mol. The van der Waals surface area contributed by atoms with Gasteiger partial charge in [-0.05, 0) is 25.5 Å². The van der Waals surface area contributed by atoms with E-state index in [1.807, 2.05) is 0 Å². The van der Waals surface area contributed by atoms with Crippen LogP contribution in [0.4, 0.5) is 23.2 Å². The number of anilines is 1. The number of carboxylic acids is 1. The Bertz CT molecular complexity index is 1110. The van der Waals surface area contributed by atoms with Gasteiger partial charge in [0, 0.05) is 31.2 Å². The first-order valence-electron chi connectivity index (χ1n) is 9.78. The van der Waals surface area contributed by atoms with Gasteiger partial charge in [0.1, 0.15) is 11.3 Å². The van der Waals surface area contributed by atoms with Crippen molar-refractivity contribution < 1.29 is 32.2 Å². The predicted molar refractivity (Wildman–Crippen MR) is 104 cm³/mol. The predicted octanol–water partition coefficient (Wildman–Crippen LogP) is 2.76. The van der Waals surface area contributed by atoms with E-state index in [-0.39, 0.29) is 41.5 Å². The van der Waals surface area contributed by atoms with Gasteiger partial charge in [0.25, 0.3) is 0 Å². The molecule has 1 saturated heterocycles. The molecule has 11 heteroatoms. The molecule has 7 nitrogen and oxygen atoms in total. The van der Waals surface area contributed by atoms with Crippen LogP contribution in [0.2, 0.25) is 0 Å². The van der Waals surface area contributed by atoms with Crippen molar-refractivity contribution in [1.82, 2.24) is 4.57 Å². The first-order chi connectivity index (χ1) is 14.6. The third-order valence-electron chi connectivity index (χ3n) is 6.05. The fraction of sp³-hybridized carbons (Fsp3) is 0.500. The van der Waals surface area contributed by atoms with Crippen LogP contribution >= 0.6 is 0 Å². The Hall–Kier alpha value is -2.82. The second-order valence-corrected chi connectivity index (χ2v) is 8.00. The lowest BCUT2D eigenvalue weighted by molar-refractivity contribution is -0.178. The Labute approximate surface area is 174 Å². The van der Waals surface area contributed by atoms with E-state index < -0.39 is 47.3 Å². The van der Waals surface area contributed by atoms with Crippen molar-refractivity contribution in [2.24, 2.45) is 17.6 Å². The van der Waals surface area contributed by atoms with E-state index in [9.17, 15) is 27.9 Å². The number of carboxylic acid groups (broad SMARTS) is 1. The summed E-state index contributed by atoms with van der Waals surface area (Å²) in [4.78, 5) is 25.5. The van der Waals surface area contributed by atoms with Crippen molar-refractivity contribution in [3.8, 4) is 5.75 Å². The molecule has 1 aromatic heterocycles. The summed E-state index contributed by atoms with van der Waals surface area (Å²) in [7, 11) is 1.24. The van der Waals surface area contributed by atoms with Crippen molar-refractivity contribution in [2.75, 3.05) is 31.6 Å². The smallest absolute Gasteiger partial charge is 0.393 e. The van der Waals surface area contributed by atoms with Gasteiger partial charge in [-0.15, -0.1) is 0 Å². The third kappa shape index (κ3) is 3.50. The first-order valence-corrected chi connectivity index (χ1v) is 9.78. The molecule has 1 aromatic carbocycles. The molecule has 3 N–H and O–H groups in total. The topological polar surface area (TPSA) is 97.8 Å². The van der Waals surface area contributed by atoms with E-state index in [4.69, 9.17) is 10.5 Å². The normalized spacial score (nSPS) is 21.7. The maximum atomic E-state index is 15.2. The number of hydrogen-bond donors (Lipinski definition) is 2. The van der Waals surface area contributed by atoms with Gasteiger partial charge in [-0.1, -0.05) is 0 Å². The molecule has 2 aliphatic rings. The largest absolute Gasteiger partial charge is 0.492 e. The zero-order chi connectivity index (χ0) is 22.7. The van der Waals surface area contributed by atoms with Gasteiger partial charge in [0.15, 0.2) is 11.6 Å². The van der Waals surface area contributed by atoms with Crippen LogP contribution in [0.3, 0.4) is 0 Å². The molecule has 2 atom stereocenters. The molecule has 0 radical (unpaired) electrons. The molecule has 168 valence electrons. The van der Waals surface area contributed by atoms with Crippen LogP contribution in [0.1, 0.15) is 29.2 Å². The standard InChI is InChI=1S/C20H21F4N3O4/c1-31-18-15-11(17(28)12(19(29)30)7-27(15)10-2-3-10)4-14(21)16(18)26-6-9(5-25)13(8-26)20(22,23)24/h4,7,9-10,13H,2-3,5-6,8,25H2,1H3,(H,29,30)/t9-,13-/m0/s1. The Morgan fingerprint density at radius 1 is 1.32 bits per heavy atom. The Morgan fingerprint density at radius 3 is 2.48 bits per heavy atom. The fourth-order valence-electron chi connectivity index (χ4n) is 4.39. The molecule has 31 heavy (non-hydrogen) atoms. The molecule has 1 aliphatic carbocycles. The summed E-state index contributed by atoms with van der Waals surface area (Å²) >= 11 is 0. The molecule has 0 spiro atoms. The fourth-order valence-corrected chi connectivity index (χ4v) is 4.39. The van der Waals surface area contributed by atoms with Gasteiger partial charge in [-0.2, -0.15) is 13.2 Å². The molecule has 2 fully saturated rings. The number of carbonyl (C=O) groups is 1. The molecule has 1 saturated carbocycles. The molecular weight excluding hydrogens is 422 g/mol. The second kappa shape index (κ2) is 7.40. The Balaban J connectivity index is 1.95. The van der Waals surface area contributed by atoms with E-state index in [0.717, 1.165) is 18.9 Å². The van der Waals surface area contributed by atoms with Gasteiger partial charge in [0.05, 0.1) is 23.9 Å². The van der Waals surface area contributed by atoms with Crippen LogP contribution in [0.5, 0.6) is 5.75 Å². The number of alkyl halides is 3. The molecule has 2 aromatic rings. The van der Waals surface area contributed by atoms with Crippen molar-refractivity contribution in [1.29, 1.82) is 0 Å². The van der Waals surface area contributed by atoms with Gasteiger partial charge < -0.3 is 25.0 Å². The summed E-state index contributed by atoms with van der Waals surface area (Å²) in [5.74, 6) is -5.13. The number of benzene rings is 1. The molecule has 0 bridgehead atoms.